The van der Waals surface area contributed by atoms with Crippen LogP contribution < -0.4 is 5.32 Å². The molecule has 1 fully saturated rings. The summed E-state index contributed by atoms with van der Waals surface area (Å²) in [6.45, 7) is 0. The maximum atomic E-state index is 11.3. The first-order valence-corrected chi connectivity index (χ1v) is 7.57. The molecule has 0 aliphatic carbocycles. The van der Waals surface area contributed by atoms with Crippen LogP contribution in [0.4, 0.5) is 5.82 Å². The second-order valence-corrected chi connectivity index (χ2v) is 6.79. The molecule has 1 N–H and O–H groups in total. The van der Waals surface area contributed by atoms with Gasteiger partial charge in [0.1, 0.15) is 9.84 Å². The van der Waals surface area contributed by atoms with Crippen molar-refractivity contribution in [3.63, 3.8) is 0 Å². The first kappa shape index (κ1) is 12.8. The fraction of sp³-hybridized carbons (Fsp3) is 0.625. The highest BCUT2D eigenvalue weighted by atomic mass is 35.5. The normalized spacial score (nSPS) is 20.1. The minimum Gasteiger partial charge on any atom is -0.365 e. The predicted molar refractivity (Wildman–Crippen MR) is 65.1 cm³/mol. The Morgan fingerprint density at radius 3 is 2.47 bits per heavy atom. The van der Waals surface area contributed by atoms with Gasteiger partial charge in [0, 0.05) is 6.04 Å². The molecule has 0 unspecified atom stereocenters. The van der Waals surface area contributed by atoms with Crippen molar-refractivity contribution in [2.45, 2.75) is 18.9 Å². The van der Waals surface area contributed by atoms with Crippen LogP contribution in [0.25, 0.3) is 0 Å². The quantitative estimate of drug-likeness (QED) is 0.882. The van der Waals surface area contributed by atoms with Crippen molar-refractivity contribution in [2.24, 2.45) is 0 Å². The number of anilines is 1. The second-order valence-electron chi connectivity index (χ2n) is 3.79. The van der Waals surface area contributed by atoms with Crippen LogP contribution in [0.2, 0.25) is 10.4 Å². The lowest BCUT2D eigenvalue weighted by Crippen LogP contribution is -2.32. The molecule has 0 spiro atoms. The molecule has 0 bridgehead atoms. The molecule has 1 aromatic rings. The molecule has 0 saturated carbocycles. The van der Waals surface area contributed by atoms with Crippen molar-refractivity contribution in [3.8, 4) is 0 Å². The molecular weight excluding hydrogens is 287 g/mol. The Kier molecular flexibility index (Phi) is 3.70. The molecule has 1 saturated heterocycles. The van der Waals surface area contributed by atoms with Crippen molar-refractivity contribution < 1.29 is 8.42 Å². The molecule has 0 atom stereocenters. The molecule has 0 amide bonds. The average molecular weight is 297 g/mol. The van der Waals surface area contributed by atoms with Gasteiger partial charge in [0.25, 0.3) is 0 Å². The minimum atomic E-state index is -2.87. The Hall–Kier alpha value is -0.660. The van der Waals surface area contributed by atoms with Crippen LogP contribution in [0.5, 0.6) is 0 Å². The molecule has 1 aliphatic heterocycles. The fourth-order valence-electron chi connectivity index (χ4n) is 1.61. The summed E-state index contributed by atoms with van der Waals surface area (Å²) >= 11 is 11.4. The summed E-state index contributed by atoms with van der Waals surface area (Å²) in [4.78, 5) is 3.90. The number of hydrogen-bond donors (Lipinski definition) is 1. The zero-order chi connectivity index (χ0) is 12.5. The number of hydrogen-bond acceptors (Lipinski definition) is 6. The van der Waals surface area contributed by atoms with Crippen molar-refractivity contribution in [2.75, 3.05) is 16.8 Å². The third-order valence-corrected chi connectivity index (χ3v) is 4.65. The summed E-state index contributed by atoms with van der Waals surface area (Å²) in [6, 6.07) is 0.0174. The number of halogens is 2. The SMILES string of the molecule is O=S1(=O)CCC(Nc2nc(Cl)nnc2Cl)CC1. The number of rotatable bonds is 2. The smallest absolute Gasteiger partial charge is 0.245 e. The largest absolute Gasteiger partial charge is 0.365 e. The summed E-state index contributed by atoms with van der Waals surface area (Å²) in [5, 5.41) is 10.3. The molecule has 2 heterocycles. The minimum absolute atomic E-state index is 0.000306. The zero-order valence-electron chi connectivity index (χ0n) is 8.73. The lowest BCUT2D eigenvalue weighted by molar-refractivity contribution is 0.559. The fourth-order valence-corrected chi connectivity index (χ4v) is 3.36. The van der Waals surface area contributed by atoms with Crippen molar-refractivity contribution in [1.82, 2.24) is 15.2 Å². The Labute approximate surface area is 109 Å². The molecule has 94 valence electrons. The summed E-state index contributed by atoms with van der Waals surface area (Å²) in [7, 11) is -2.87. The van der Waals surface area contributed by atoms with E-state index in [1.807, 2.05) is 0 Å². The van der Waals surface area contributed by atoms with Crippen molar-refractivity contribution in [3.05, 3.63) is 10.4 Å². The molecule has 0 aromatic carbocycles. The Balaban J connectivity index is 2.05. The van der Waals surface area contributed by atoms with E-state index in [2.05, 4.69) is 20.5 Å². The highest BCUT2D eigenvalue weighted by Crippen LogP contribution is 2.21. The van der Waals surface area contributed by atoms with Crippen LogP contribution in [0.3, 0.4) is 0 Å². The van der Waals surface area contributed by atoms with Gasteiger partial charge in [-0.2, -0.15) is 4.98 Å². The Morgan fingerprint density at radius 2 is 1.82 bits per heavy atom. The second kappa shape index (κ2) is 4.91. The van der Waals surface area contributed by atoms with Gasteiger partial charge in [-0.3, -0.25) is 0 Å². The van der Waals surface area contributed by atoms with Gasteiger partial charge in [0.2, 0.25) is 5.28 Å². The van der Waals surface area contributed by atoms with E-state index in [9.17, 15) is 8.42 Å². The lowest BCUT2D eigenvalue weighted by atomic mass is 10.1. The highest BCUT2D eigenvalue weighted by molar-refractivity contribution is 7.91. The number of nitrogens with one attached hydrogen (secondary N) is 1. The van der Waals surface area contributed by atoms with Gasteiger partial charge in [0.15, 0.2) is 11.0 Å². The summed E-state index contributed by atoms with van der Waals surface area (Å²) in [6.07, 6.45) is 1.06. The third kappa shape index (κ3) is 3.40. The van der Waals surface area contributed by atoms with Crippen LogP contribution in [-0.4, -0.2) is 41.1 Å². The van der Waals surface area contributed by atoms with Gasteiger partial charge in [-0.05, 0) is 24.4 Å². The van der Waals surface area contributed by atoms with Gasteiger partial charge in [-0.25, -0.2) is 8.42 Å². The number of nitrogens with zero attached hydrogens (tertiary/aromatic N) is 3. The van der Waals surface area contributed by atoms with Gasteiger partial charge in [-0.15, -0.1) is 10.2 Å². The van der Waals surface area contributed by atoms with E-state index in [1.54, 1.807) is 0 Å². The molecule has 9 heteroatoms. The Morgan fingerprint density at radius 1 is 1.18 bits per heavy atom. The van der Waals surface area contributed by atoms with E-state index in [-0.39, 0.29) is 28.0 Å². The van der Waals surface area contributed by atoms with Crippen LogP contribution >= 0.6 is 23.2 Å². The summed E-state index contributed by atoms with van der Waals surface area (Å²) in [5.74, 6) is 0.694. The molecule has 0 radical (unpaired) electrons. The standard InChI is InChI=1S/C8H10Cl2N4O2S/c9-6-7(12-8(10)14-13-6)11-5-1-3-17(15,16)4-2-5/h5H,1-4H2,(H,11,12,14). The predicted octanol–water partition coefficient (Wildman–Crippen LogP) is 1.17. The molecule has 2 rings (SSSR count). The monoisotopic (exact) mass is 296 g/mol. The number of aromatic nitrogens is 3. The molecule has 1 aromatic heterocycles. The number of sulfone groups is 1. The van der Waals surface area contributed by atoms with Crippen LogP contribution in [0.15, 0.2) is 0 Å². The van der Waals surface area contributed by atoms with Crippen molar-refractivity contribution >= 4 is 38.9 Å². The summed E-state index contributed by atoms with van der Waals surface area (Å²) < 4.78 is 22.5. The first-order valence-electron chi connectivity index (χ1n) is 4.99. The molecular formula is C8H10Cl2N4O2S. The maximum absolute atomic E-state index is 11.3. The van der Waals surface area contributed by atoms with Crippen LogP contribution in [0, 0.1) is 0 Å². The van der Waals surface area contributed by atoms with E-state index >= 15 is 0 Å². The van der Waals surface area contributed by atoms with Gasteiger partial charge < -0.3 is 5.32 Å². The summed E-state index contributed by atoms with van der Waals surface area (Å²) in [5.41, 5.74) is 0. The van der Waals surface area contributed by atoms with Gasteiger partial charge >= 0.3 is 0 Å². The van der Waals surface area contributed by atoms with E-state index in [1.165, 1.54) is 0 Å². The van der Waals surface area contributed by atoms with Gasteiger partial charge in [0.05, 0.1) is 11.5 Å². The topological polar surface area (TPSA) is 84.8 Å². The molecule has 1 aliphatic rings. The third-order valence-electron chi connectivity index (χ3n) is 2.52. The molecule has 6 nitrogen and oxygen atoms in total. The zero-order valence-corrected chi connectivity index (χ0v) is 11.1. The van der Waals surface area contributed by atoms with Gasteiger partial charge in [-0.1, -0.05) is 11.6 Å². The average Bonchev–Trinajstić information content (AvgIpc) is 2.26. The van der Waals surface area contributed by atoms with Crippen molar-refractivity contribution in [1.29, 1.82) is 0 Å². The van der Waals surface area contributed by atoms with Crippen LogP contribution in [0.1, 0.15) is 12.8 Å². The molecule has 17 heavy (non-hydrogen) atoms. The van der Waals surface area contributed by atoms with E-state index in [0.29, 0.717) is 18.7 Å². The lowest BCUT2D eigenvalue weighted by Gasteiger charge is -2.23. The highest BCUT2D eigenvalue weighted by Gasteiger charge is 2.24. The maximum Gasteiger partial charge on any atom is 0.245 e. The van der Waals surface area contributed by atoms with E-state index < -0.39 is 9.84 Å². The van der Waals surface area contributed by atoms with Crippen LogP contribution in [-0.2, 0) is 9.84 Å². The first-order chi connectivity index (χ1) is 7.96. The Bertz CT molecular complexity index is 508. The van der Waals surface area contributed by atoms with E-state index in [4.69, 9.17) is 23.2 Å². The van der Waals surface area contributed by atoms with E-state index in [0.717, 1.165) is 0 Å².